The van der Waals surface area contributed by atoms with Gasteiger partial charge in [0.15, 0.2) is 0 Å². The molecular formula is C28H27Cl2N5O5. The lowest BCUT2D eigenvalue weighted by Crippen LogP contribution is -2.54. The molecule has 2 atom stereocenters. The highest BCUT2D eigenvalue weighted by atomic mass is 35.5. The van der Waals surface area contributed by atoms with Crippen LogP contribution in [0, 0.1) is 17.2 Å². The Labute approximate surface area is 241 Å². The maximum atomic E-state index is 14.3. The van der Waals surface area contributed by atoms with Gasteiger partial charge in [-0.2, -0.15) is 5.26 Å². The first kappa shape index (κ1) is 27.9. The van der Waals surface area contributed by atoms with E-state index in [1.54, 1.807) is 36.2 Å². The fourth-order valence-corrected chi connectivity index (χ4v) is 6.60. The van der Waals surface area contributed by atoms with Crippen LogP contribution in [0.4, 0.5) is 10.5 Å². The molecule has 0 saturated carbocycles. The van der Waals surface area contributed by atoms with Gasteiger partial charge in [0.05, 0.1) is 29.8 Å². The maximum absolute atomic E-state index is 14.3. The van der Waals surface area contributed by atoms with Gasteiger partial charge >= 0.3 is 12.0 Å². The van der Waals surface area contributed by atoms with E-state index in [9.17, 15) is 29.5 Å². The van der Waals surface area contributed by atoms with Crippen molar-refractivity contribution in [3.8, 4) is 6.07 Å². The molecule has 2 aromatic rings. The van der Waals surface area contributed by atoms with Crippen molar-refractivity contribution >= 4 is 52.7 Å². The third-order valence-corrected chi connectivity index (χ3v) is 8.67. The van der Waals surface area contributed by atoms with Gasteiger partial charge in [0.1, 0.15) is 5.54 Å². The van der Waals surface area contributed by atoms with E-state index < -0.39 is 35.3 Å². The standard InChI is InChI=1S/C28H27Cl2N5O5/c1-32-27(40)35(22-11-20(29)10-21(30)12-22)26(39)28(32)16-33(14-23(28)18-4-2-17(13-31)3-5-18)15-24(36)34-8-6-19(7-9-34)25(37)38/h2-5,10-12,19,23H,6-9,14-16H2,1H3,(H,37,38)/t23-,28+/m0/s1. The predicted octanol–water partition coefficient (Wildman–Crippen LogP) is 3.42. The van der Waals surface area contributed by atoms with Gasteiger partial charge in [0.25, 0.3) is 5.91 Å². The molecule has 3 saturated heterocycles. The molecule has 3 fully saturated rings. The van der Waals surface area contributed by atoms with E-state index in [0.29, 0.717) is 38.0 Å². The van der Waals surface area contributed by atoms with E-state index in [1.807, 2.05) is 4.90 Å². The largest absolute Gasteiger partial charge is 0.481 e. The minimum atomic E-state index is -1.32. The van der Waals surface area contributed by atoms with Crippen molar-refractivity contribution in [2.75, 3.05) is 44.7 Å². The minimum absolute atomic E-state index is 0.0184. The van der Waals surface area contributed by atoms with Crippen molar-refractivity contribution in [3.05, 3.63) is 63.6 Å². The Morgan fingerprint density at radius 1 is 1.07 bits per heavy atom. The number of amides is 4. The first-order chi connectivity index (χ1) is 19.0. The first-order valence-electron chi connectivity index (χ1n) is 12.9. The number of imide groups is 1. The Morgan fingerprint density at radius 3 is 2.27 bits per heavy atom. The number of nitriles is 1. The van der Waals surface area contributed by atoms with Gasteiger partial charge in [-0.05, 0) is 48.7 Å². The second kappa shape index (κ2) is 10.7. The molecule has 10 nitrogen and oxygen atoms in total. The number of likely N-dealkylation sites (N-methyl/N-ethyl adjacent to an activating group) is 1. The molecule has 4 amide bonds. The number of halogens is 2. The fourth-order valence-electron chi connectivity index (χ4n) is 6.08. The number of nitrogens with zero attached hydrogens (tertiary/aromatic N) is 5. The van der Waals surface area contributed by atoms with Gasteiger partial charge in [-0.15, -0.1) is 0 Å². The molecular weight excluding hydrogens is 557 g/mol. The Morgan fingerprint density at radius 2 is 1.70 bits per heavy atom. The van der Waals surface area contributed by atoms with Crippen molar-refractivity contribution in [2.45, 2.75) is 24.3 Å². The van der Waals surface area contributed by atoms with Gasteiger partial charge in [-0.3, -0.25) is 19.3 Å². The Hall–Kier alpha value is -3.65. The summed E-state index contributed by atoms with van der Waals surface area (Å²) >= 11 is 12.4. The van der Waals surface area contributed by atoms with Crippen molar-refractivity contribution in [3.63, 3.8) is 0 Å². The molecule has 0 unspecified atom stereocenters. The average molecular weight is 584 g/mol. The molecule has 0 aliphatic carbocycles. The summed E-state index contributed by atoms with van der Waals surface area (Å²) in [6, 6.07) is 13.0. The monoisotopic (exact) mass is 583 g/mol. The SMILES string of the molecule is CN1C(=O)N(c2cc(Cl)cc(Cl)c2)C(=O)[C@]12CN(CC(=O)N1CCC(C(=O)O)CC1)C[C@H]2c1ccc(C#N)cc1. The number of carboxylic acids is 1. The highest BCUT2D eigenvalue weighted by molar-refractivity contribution is 6.35. The quantitative estimate of drug-likeness (QED) is 0.534. The lowest BCUT2D eigenvalue weighted by atomic mass is 9.80. The molecule has 1 spiro atoms. The summed E-state index contributed by atoms with van der Waals surface area (Å²) in [4.78, 5) is 58.4. The lowest BCUT2D eigenvalue weighted by Gasteiger charge is -2.34. The number of anilines is 1. The number of benzene rings is 2. The van der Waals surface area contributed by atoms with Crippen molar-refractivity contribution in [2.24, 2.45) is 5.92 Å². The Bertz CT molecular complexity index is 1400. The zero-order valence-corrected chi connectivity index (χ0v) is 23.2. The van der Waals surface area contributed by atoms with E-state index in [0.717, 1.165) is 10.5 Å². The first-order valence-corrected chi connectivity index (χ1v) is 13.6. The summed E-state index contributed by atoms with van der Waals surface area (Å²) < 4.78 is 0. The number of rotatable bonds is 5. The number of carbonyl (C=O) groups is 4. The van der Waals surface area contributed by atoms with Crippen LogP contribution in [-0.4, -0.2) is 88.9 Å². The van der Waals surface area contributed by atoms with Crippen LogP contribution in [0.3, 0.4) is 0 Å². The topological polar surface area (TPSA) is 125 Å². The minimum Gasteiger partial charge on any atom is -0.481 e. The van der Waals surface area contributed by atoms with E-state index in [-0.39, 0.29) is 34.7 Å². The van der Waals surface area contributed by atoms with Crippen LogP contribution in [0.5, 0.6) is 0 Å². The second-order valence-electron chi connectivity index (χ2n) is 10.5. The third-order valence-electron chi connectivity index (χ3n) is 8.24. The van der Waals surface area contributed by atoms with Gasteiger partial charge in [0.2, 0.25) is 5.91 Å². The lowest BCUT2D eigenvalue weighted by molar-refractivity contribution is -0.145. The van der Waals surface area contributed by atoms with Crippen LogP contribution in [0.15, 0.2) is 42.5 Å². The average Bonchev–Trinajstić information content (AvgIpc) is 3.39. The van der Waals surface area contributed by atoms with Crippen LogP contribution < -0.4 is 4.90 Å². The highest BCUT2D eigenvalue weighted by Gasteiger charge is 2.64. The molecule has 1 N–H and O–H groups in total. The van der Waals surface area contributed by atoms with Gasteiger partial charge in [-0.1, -0.05) is 35.3 Å². The van der Waals surface area contributed by atoms with Gasteiger partial charge in [0, 0.05) is 49.2 Å². The molecule has 0 aromatic heterocycles. The molecule has 40 heavy (non-hydrogen) atoms. The van der Waals surface area contributed by atoms with Crippen LogP contribution in [0.1, 0.15) is 29.9 Å². The molecule has 2 aromatic carbocycles. The van der Waals surface area contributed by atoms with E-state index in [1.165, 1.54) is 23.1 Å². The Balaban J connectivity index is 1.46. The summed E-state index contributed by atoms with van der Waals surface area (Å²) in [6.07, 6.45) is 0.789. The molecule has 0 radical (unpaired) electrons. The van der Waals surface area contributed by atoms with E-state index in [2.05, 4.69) is 6.07 Å². The number of aliphatic carboxylic acids is 1. The van der Waals surface area contributed by atoms with Crippen LogP contribution in [0.25, 0.3) is 0 Å². The number of hydrogen-bond donors (Lipinski definition) is 1. The number of piperidine rings is 1. The zero-order chi connectivity index (χ0) is 28.8. The normalized spacial score (nSPS) is 23.8. The number of carbonyl (C=O) groups excluding carboxylic acids is 3. The fraction of sp³-hybridized carbons (Fsp3) is 0.393. The van der Waals surface area contributed by atoms with E-state index >= 15 is 0 Å². The number of urea groups is 1. The van der Waals surface area contributed by atoms with E-state index in [4.69, 9.17) is 23.2 Å². The van der Waals surface area contributed by atoms with Gasteiger partial charge < -0.3 is 14.9 Å². The van der Waals surface area contributed by atoms with Crippen molar-refractivity contribution < 1.29 is 24.3 Å². The molecule has 3 aliphatic rings. The maximum Gasteiger partial charge on any atom is 0.332 e. The number of hydrogen-bond acceptors (Lipinski definition) is 6. The molecule has 12 heteroatoms. The van der Waals surface area contributed by atoms with Gasteiger partial charge in [-0.25, -0.2) is 9.69 Å². The summed E-state index contributed by atoms with van der Waals surface area (Å²) in [5, 5.41) is 19.1. The van der Waals surface area contributed by atoms with Crippen LogP contribution >= 0.6 is 23.2 Å². The summed E-state index contributed by atoms with van der Waals surface area (Å²) in [5.41, 5.74) is 0.155. The predicted molar refractivity (Wildman–Crippen MR) is 147 cm³/mol. The molecule has 5 rings (SSSR count). The summed E-state index contributed by atoms with van der Waals surface area (Å²) in [6.45, 7) is 1.16. The third kappa shape index (κ3) is 4.79. The molecule has 208 valence electrons. The molecule has 0 bridgehead atoms. The highest BCUT2D eigenvalue weighted by Crippen LogP contribution is 2.46. The van der Waals surface area contributed by atoms with Crippen LogP contribution in [0.2, 0.25) is 10.0 Å². The van der Waals surface area contributed by atoms with Crippen molar-refractivity contribution in [1.82, 2.24) is 14.7 Å². The zero-order valence-electron chi connectivity index (χ0n) is 21.7. The number of likely N-dealkylation sites (tertiary alicyclic amines) is 2. The van der Waals surface area contributed by atoms with Crippen LogP contribution in [-0.2, 0) is 14.4 Å². The molecule has 3 aliphatic heterocycles. The van der Waals surface area contributed by atoms with Crippen molar-refractivity contribution in [1.29, 1.82) is 5.26 Å². The molecule has 3 heterocycles. The summed E-state index contributed by atoms with van der Waals surface area (Å²) in [7, 11) is 1.57. The second-order valence-corrected chi connectivity index (χ2v) is 11.4. The Kier molecular flexibility index (Phi) is 7.48. The summed E-state index contributed by atoms with van der Waals surface area (Å²) in [5.74, 6) is -2.41. The smallest absolute Gasteiger partial charge is 0.332 e. The number of carboxylic acid groups (broad SMARTS) is 1.